The highest BCUT2D eigenvalue weighted by Crippen LogP contribution is 2.31. The van der Waals surface area contributed by atoms with Crippen molar-refractivity contribution in [2.24, 2.45) is 0 Å². The van der Waals surface area contributed by atoms with Crippen molar-refractivity contribution in [3.63, 3.8) is 0 Å². The van der Waals surface area contributed by atoms with Gasteiger partial charge in [0.1, 0.15) is 11.5 Å². The van der Waals surface area contributed by atoms with Gasteiger partial charge < -0.3 is 9.47 Å². The predicted octanol–water partition coefficient (Wildman–Crippen LogP) is 2.48. The van der Waals surface area contributed by atoms with E-state index in [9.17, 15) is 0 Å². The largest absolute Gasteiger partial charge is 0.496 e. The fourth-order valence-corrected chi connectivity index (χ4v) is 1.79. The summed E-state index contributed by atoms with van der Waals surface area (Å²) in [7, 11) is 3.35. The molecule has 14 heavy (non-hydrogen) atoms. The standard InChI is InChI=1S/C11H16O2S/c1-8-10(12-2)5-4-9(6-7-14)11(8)13-3/h4-5,14H,6-7H2,1-3H3. The number of hydrogen-bond acceptors (Lipinski definition) is 3. The maximum atomic E-state index is 5.36. The van der Waals surface area contributed by atoms with Gasteiger partial charge in [0.25, 0.3) is 0 Å². The maximum absolute atomic E-state index is 5.36. The van der Waals surface area contributed by atoms with E-state index in [0.717, 1.165) is 29.2 Å². The van der Waals surface area contributed by atoms with Gasteiger partial charge in [-0.3, -0.25) is 0 Å². The minimum Gasteiger partial charge on any atom is -0.496 e. The van der Waals surface area contributed by atoms with Gasteiger partial charge in [0.15, 0.2) is 0 Å². The first kappa shape index (κ1) is 11.2. The minimum atomic E-state index is 0.822. The molecule has 0 N–H and O–H groups in total. The molecule has 0 amide bonds. The second-order valence-corrected chi connectivity index (χ2v) is 3.51. The first-order valence-electron chi connectivity index (χ1n) is 4.56. The smallest absolute Gasteiger partial charge is 0.128 e. The van der Waals surface area contributed by atoms with Crippen molar-refractivity contribution in [2.45, 2.75) is 13.3 Å². The van der Waals surface area contributed by atoms with Crippen molar-refractivity contribution >= 4 is 12.6 Å². The highest BCUT2D eigenvalue weighted by Gasteiger charge is 2.09. The van der Waals surface area contributed by atoms with Gasteiger partial charge in [-0.25, -0.2) is 0 Å². The molecule has 1 rings (SSSR count). The summed E-state index contributed by atoms with van der Waals surface area (Å²) in [6.07, 6.45) is 0.914. The Labute approximate surface area is 90.6 Å². The number of benzene rings is 1. The van der Waals surface area contributed by atoms with Gasteiger partial charge in [-0.15, -0.1) is 0 Å². The van der Waals surface area contributed by atoms with Crippen LogP contribution in [0.3, 0.4) is 0 Å². The fourth-order valence-electron chi connectivity index (χ4n) is 1.55. The molecule has 0 atom stereocenters. The van der Waals surface area contributed by atoms with E-state index in [1.807, 2.05) is 19.1 Å². The van der Waals surface area contributed by atoms with E-state index in [2.05, 4.69) is 12.6 Å². The molecule has 0 fully saturated rings. The zero-order valence-electron chi connectivity index (χ0n) is 8.83. The fraction of sp³-hybridized carbons (Fsp3) is 0.455. The molecule has 0 unspecified atom stereocenters. The third-order valence-corrected chi connectivity index (χ3v) is 2.47. The SMILES string of the molecule is COc1ccc(CCS)c(OC)c1C. The zero-order chi connectivity index (χ0) is 10.6. The highest BCUT2D eigenvalue weighted by molar-refractivity contribution is 7.80. The van der Waals surface area contributed by atoms with Crippen LogP contribution in [0.25, 0.3) is 0 Å². The summed E-state index contributed by atoms with van der Waals surface area (Å²) in [5.74, 6) is 2.60. The number of aryl methyl sites for hydroxylation is 1. The van der Waals surface area contributed by atoms with Gasteiger partial charge in [-0.05, 0) is 30.7 Å². The van der Waals surface area contributed by atoms with Crippen LogP contribution in [0.4, 0.5) is 0 Å². The molecule has 78 valence electrons. The van der Waals surface area contributed by atoms with Crippen LogP contribution in [0.15, 0.2) is 12.1 Å². The van der Waals surface area contributed by atoms with Crippen molar-refractivity contribution in [3.05, 3.63) is 23.3 Å². The van der Waals surface area contributed by atoms with Gasteiger partial charge in [-0.1, -0.05) is 6.07 Å². The average Bonchev–Trinajstić information content (AvgIpc) is 2.19. The first-order valence-corrected chi connectivity index (χ1v) is 5.19. The average molecular weight is 212 g/mol. The van der Waals surface area contributed by atoms with Crippen LogP contribution in [0.5, 0.6) is 11.5 Å². The third-order valence-electron chi connectivity index (χ3n) is 2.24. The molecule has 0 aliphatic rings. The van der Waals surface area contributed by atoms with Crippen molar-refractivity contribution in [2.75, 3.05) is 20.0 Å². The quantitative estimate of drug-likeness (QED) is 0.773. The predicted molar refractivity (Wildman–Crippen MR) is 61.8 cm³/mol. The number of thiol groups is 1. The maximum Gasteiger partial charge on any atom is 0.128 e. The molecular weight excluding hydrogens is 196 g/mol. The van der Waals surface area contributed by atoms with Crippen molar-refractivity contribution in [3.8, 4) is 11.5 Å². The summed E-state index contributed by atoms with van der Waals surface area (Å²) in [6, 6.07) is 4.00. The molecule has 0 aromatic heterocycles. The summed E-state index contributed by atoms with van der Waals surface area (Å²) in [6.45, 7) is 2.00. The summed E-state index contributed by atoms with van der Waals surface area (Å²) >= 11 is 4.21. The molecule has 1 aromatic carbocycles. The van der Waals surface area contributed by atoms with E-state index in [4.69, 9.17) is 9.47 Å². The summed E-state index contributed by atoms with van der Waals surface area (Å²) in [4.78, 5) is 0. The number of rotatable bonds is 4. The Kier molecular flexibility index (Phi) is 4.14. The number of hydrogen-bond donors (Lipinski definition) is 1. The van der Waals surface area contributed by atoms with Crippen LogP contribution in [-0.2, 0) is 6.42 Å². The lowest BCUT2D eigenvalue weighted by Crippen LogP contribution is -1.98. The van der Waals surface area contributed by atoms with Crippen LogP contribution < -0.4 is 9.47 Å². The molecular formula is C11H16O2S. The normalized spacial score (nSPS) is 10.0. The number of methoxy groups -OCH3 is 2. The molecule has 0 radical (unpaired) electrons. The van der Waals surface area contributed by atoms with Gasteiger partial charge in [0.2, 0.25) is 0 Å². The van der Waals surface area contributed by atoms with Gasteiger partial charge in [-0.2, -0.15) is 12.6 Å². The molecule has 0 heterocycles. The zero-order valence-corrected chi connectivity index (χ0v) is 9.73. The van der Waals surface area contributed by atoms with Crippen molar-refractivity contribution in [1.82, 2.24) is 0 Å². The lowest BCUT2D eigenvalue weighted by molar-refractivity contribution is 0.386. The Morgan fingerprint density at radius 3 is 2.43 bits per heavy atom. The second kappa shape index (κ2) is 5.15. The van der Waals surface area contributed by atoms with Crippen molar-refractivity contribution in [1.29, 1.82) is 0 Å². The van der Waals surface area contributed by atoms with Crippen LogP contribution in [0.2, 0.25) is 0 Å². The van der Waals surface area contributed by atoms with E-state index in [-0.39, 0.29) is 0 Å². The third kappa shape index (κ3) is 2.15. The molecule has 1 aromatic rings. The van der Waals surface area contributed by atoms with E-state index >= 15 is 0 Å². The molecule has 0 saturated heterocycles. The van der Waals surface area contributed by atoms with Crippen molar-refractivity contribution < 1.29 is 9.47 Å². The molecule has 3 heteroatoms. The number of ether oxygens (including phenoxy) is 2. The summed E-state index contributed by atoms with van der Waals surface area (Å²) < 4.78 is 10.6. The lowest BCUT2D eigenvalue weighted by Gasteiger charge is -2.13. The second-order valence-electron chi connectivity index (χ2n) is 3.06. The van der Waals surface area contributed by atoms with E-state index in [0.29, 0.717) is 0 Å². The van der Waals surface area contributed by atoms with Crippen LogP contribution in [0.1, 0.15) is 11.1 Å². The van der Waals surface area contributed by atoms with Crippen LogP contribution in [-0.4, -0.2) is 20.0 Å². The monoisotopic (exact) mass is 212 g/mol. The lowest BCUT2D eigenvalue weighted by atomic mass is 10.1. The molecule has 0 saturated carbocycles. The van der Waals surface area contributed by atoms with E-state index in [1.54, 1.807) is 14.2 Å². The Balaban J connectivity index is 3.14. The summed E-state index contributed by atoms with van der Waals surface area (Å²) in [5.41, 5.74) is 2.23. The Morgan fingerprint density at radius 1 is 1.21 bits per heavy atom. The Morgan fingerprint density at radius 2 is 1.93 bits per heavy atom. The van der Waals surface area contributed by atoms with Crippen LogP contribution >= 0.6 is 12.6 Å². The molecule has 0 spiro atoms. The highest BCUT2D eigenvalue weighted by atomic mass is 32.1. The van der Waals surface area contributed by atoms with Crippen LogP contribution in [0, 0.1) is 6.92 Å². The van der Waals surface area contributed by atoms with Gasteiger partial charge in [0.05, 0.1) is 14.2 Å². The Hall–Kier alpha value is -0.830. The Bertz CT molecular complexity index is 310. The van der Waals surface area contributed by atoms with Gasteiger partial charge in [0, 0.05) is 5.56 Å². The molecule has 2 nitrogen and oxygen atoms in total. The van der Waals surface area contributed by atoms with Gasteiger partial charge >= 0.3 is 0 Å². The van der Waals surface area contributed by atoms with E-state index in [1.165, 1.54) is 5.56 Å². The minimum absolute atomic E-state index is 0.822. The topological polar surface area (TPSA) is 18.5 Å². The summed E-state index contributed by atoms with van der Waals surface area (Å²) in [5, 5.41) is 0. The molecule has 0 aliphatic heterocycles. The molecule has 0 bridgehead atoms. The van der Waals surface area contributed by atoms with E-state index < -0.39 is 0 Å². The first-order chi connectivity index (χ1) is 6.74. The molecule has 0 aliphatic carbocycles.